The second-order valence-corrected chi connectivity index (χ2v) is 9.96. The first-order chi connectivity index (χ1) is 17.1. The van der Waals surface area contributed by atoms with Gasteiger partial charge >= 0.3 is 0 Å². The molecular formula is C29H30N4OS. The fourth-order valence-corrected chi connectivity index (χ4v) is 6.12. The summed E-state index contributed by atoms with van der Waals surface area (Å²) in [6.45, 7) is 6.05. The second-order valence-electron chi connectivity index (χ2n) is 9.57. The molecule has 2 saturated heterocycles. The van der Waals surface area contributed by atoms with E-state index in [2.05, 4.69) is 83.2 Å². The molecule has 2 aliphatic heterocycles. The van der Waals surface area contributed by atoms with Gasteiger partial charge in [-0.05, 0) is 74.1 Å². The zero-order valence-corrected chi connectivity index (χ0v) is 21.0. The van der Waals surface area contributed by atoms with E-state index in [-0.39, 0.29) is 18.2 Å². The molecule has 0 unspecified atom stereocenters. The van der Waals surface area contributed by atoms with Gasteiger partial charge in [0.15, 0.2) is 5.11 Å². The van der Waals surface area contributed by atoms with Crippen LogP contribution in [-0.4, -0.2) is 38.8 Å². The quantitative estimate of drug-likeness (QED) is 0.365. The summed E-state index contributed by atoms with van der Waals surface area (Å²) >= 11 is 5.89. The highest BCUT2D eigenvalue weighted by Crippen LogP contribution is 2.42. The number of rotatable bonds is 5. The maximum absolute atomic E-state index is 6.02. The highest BCUT2D eigenvalue weighted by Gasteiger charge is 2.42. The predicted molar refractivity (Wildman–Crippen MR) is 144 cm³/mol. The number of pyridine rings is 1. The van der Waals surface area contributed by atoms with Crippen LogP contribution >= 0.6 is 12.2 Å². The lowest BCUT2D eigenvalue weighted by atomic mass is 9.96. The monoisotopic (exact) mass is 482 g/mol. The molecular weight excluding hydrogens is 452 g/mol. The molecule has 0 aliphatic carbocycles. The molecule has 2 aromatic heterocycles. The predicted octanol–water partition coefficient (Wildman–Crippen LogP) is 5.79. The van der Waals surface area contributed by atoms with Crippen molar-refractivity contribution >= 4 is 28.1 Å². The van der Waals surface area contributed by atoms with Crippen LogP contribution in [0.4, 0.5) is 0 Å². The third kappa shape index (κ3) is 3.91. The number of benzene rings is 2. The lowest BCUT2D eigenvalue weighted by molar-refractivity contribution is 0.0842. The van der Waals surface area contributed by atoms with E-state index in [1.165, 1.54) is 33.4 Å². The van der Waals surface area contributed by atoms with Gasteiger partial charge in [0, 0.05) is 36.1 Å². The number of ether oxygens (including phenoxy) is 1. The first kappa shape index (κ1) is 22.3. The Morgan fingerprint density at radius 3 is 2.69 bits per heavy atom. The van der Waals surface area contributed by atoms with Crippen LogP contribution in [0.15, 0.2) is 72.9 Å². The van der Waals surface area contributed by atoms with Crippen LogP contribution in [0.3, 0.4) is 0 Å². The van der Waals surface area contributed by atoms with Gasteiger partial charge < -0.3 is 19.5 Å². The molecule has 2 fully saturated rings. The van der Waals surface area contributed by atoms with Crippen molar-refractivity contribution in [1.82, 2.24) is 19.8 Å². The standard InChI is InChI=1S/C29H30N4OS/c1-19-17-24(20(2)33(19)26-14-7-10-21-9-3-4-12-23(21)26)28-27(25-13-5-6-15-30-25)31-29(35)32(28)18-22-11-8-16-34-22/h3-7,9-10,12-15,17,22,27-28H,8,11,16,18H2,1-2H3,(H,31,35)/t22-,27+,28-/m0/s1. The zero-order valence-electron chi connectivity index (χ0n) is 20.1. The highest BCUT2D eigenvalue weighted by molar-refractivity contribution is 7.80. The highest BCUT2D eigenvalue weighted by atomic mass is 32.1. The molecule has 1 N–H and O–H groups in total. The molecule has 4 aromatic rings. The fraction of sp³-hybridized carbons (Fsp3) is 0.310. The largest absolute Gasteiger partial charge is 0.376 e. The first-order valence-corrected chi connectivity index (χ1v) is 12.8. The van der Waals surface area contributed by atoms with Gasteiger partial charge in [0.2, 0.25) is 0 Å². The number of hydrogen-bond donors (Lipinski definition) is 1. The van der Waals surface area contributed by atoms with E-state index in [0.29, 0.717) is 0 Å². The van der Waals surface area contributed by atoms with Gasteiger partial charge in [-0.3, -0.25) is 4.98 Å². The van der Waals surface area contributed by atoms with Crippen molar-refractivity contribution < 1.29 is 4.74 Å². The maximum atomic E-state index is 6.02. The molecule has 0 radical (unpaired) electrons. The lowest BCUT2D eigenvalue weighted by Crippen LogP contribution is -2.36. The van der Waals surface area contributed by atoms with Crippen LogP contribution < -0.4 is 5.32 Å². The van der Waals surface area contributed by atoms with Crippen molar-refractivity contribution in [1.29, 1.82) is 0 Å². The minimum absolute atomic E-state index is 0.0217. The van der Waals surface area contributed by atoms with E-state index in [0.717, 1.165) is 36.8 Å². The molecule has 0 amide bonds. The van der Waals surface area contributed by atoms with Crippen molar-refractivity contribution in [2.75, 3.05) is 13.2 Å². The molecule has 35 heavy (non-hydrogen) atoms. The summed E-state index contributed by atoms with van der Waals surface area (Å²) in [6.07, 6.45) is 4.26. The number of aryl methyl sites for hydroxylation is 1. The summed E-state index contributed by atoms with van der Waals surface area (Å²) in [5.74, 6) is 0. The van der Waals surface area contributed by atoms with Crippen LogP contribution in [-0.2, 0) is 4.74 Å². The van der Waals surface area contributed by atoms with Crippen molar-refractivity contribution in [2.24, 2.45) is 0 Å². The van der Waals surface area contributed by atoms with Crippen molar-refractivity contribution in [3.63, 3.8) is 0 Å². The number of hydrogen-bond acceptors (Lipinski definition) is 3. The normalized spacial score (nSPS) is 22.2. The number of nitrogens with zero attached hydrogens (tertiary/aromatic N) is 3. The maximum Gasteiger partial charge on any atom is 0.170 e. The van der Waals surface area contributed by atoms with Gasteiger partial charge in [0.25, 0.3) is 0 Å². The molecule has 6 rings (SSSR count). The second kappa shape index (κ2) is 9.10. The Labute approximate surface area is 211 Å². The van der Waals surface area contributed by atoms with Crippen LogP contribution in [0, 0.1) is 13.8 Å². The Bertz CT molecular complexity index is 1370. The molecule has 3 atom stereocenters. The van der Waals surface area contributed by atoms with Gasteiger partial charge in [0.1, 0.15) is 0 Å². The van der Waals surface area contributed by atoms with Crippen LogP contribution in [0.2, 0.25) is 0 Å². The molecule has 2 aliphatic rings. The summed E-state index contributed by atoms with van der Waals surface area (Å²) in [4.78, 5) is 7.04. The SMILES string of the molecule is Cc1cc([C@H]2[C@@H](c3ccccn3)NC(=S)N2C[C@@H]2CCCO2)c(C)n1-c1cccc2ccccc12. The third-order valence-electron chi connectivity index (χ3n) is 7.42. The summed E-state index contributed by atoms with van der Waals surface area (Å²) in [6, 6.07) is 23.6. The number of nitrogens with one attached hydrogen (secondary N) is 1. The number of fused-ring (bicyclic) bond motifs is 1. The van der Waals surface area contributed by atoms with Gasteiger partial charge in [-0.2, -0.15) is 0 Å². The molecule has 0 saturated carbocycles. The summed E-state index contributed by atoms with van der Waals surface area (Å²) in [7, 11) is 0. The van der Waals surface area contributed by atoms with Gasteiger partial charge in [-0.15, -0.1) is 0 Å². The molecule has 5 nitrogen and oxygen atoms in total. The van der Waals surface area contributed by atoms with E-state index in [4.69, 9.17) is 21.9 Å². The topological polar surface area (TPSA) is 42.3 Å². The molecule has 6 heteroatoms. The summed E-state index contributed by atoms with van der Waals surface area (Å²) < 4.78 is 8.40. The van der Waals surface area contributed by atoms with E-state index >= 15 is 0 Å². The minimum atomic E-state index is -0.0217. The average molecular weight is 483 g/mol. The van der Waals surface area contributed by atoms with Gasteiger partial charge in [0.05, 0.1) is 29.6 Å². The molecule has 178 valence electrons. The van der Waals surface area contributed by atoms with E-state index in [9.17, 15) is 0 Å². The Hall–Kier alpha value is -3.22. The molecule has 0 spiro atoms. The summed E-state index contributed by atoms with van der Waals surface area (Å²) in [5, 5.41) is 6.87. The number of aromatic nitrogens is 2. The average Bonchev–Trinajstić information content (AvgIpc) is 3.58. The minimum Gasteiger partial charge on any atom is -0.376 e. The van der Waals surface area contributed by atoms with Gasteiger partial charge in [-0.1, -0.05) is 42.5 Å². The van der Waals surface area contributed by atoms with Crippen LogP contribution in [0.1, 0.15) is 47.6 Å². The zero-order chi connectivity index (χ0) is 23.9. The van der Waals surface area contributed by atoms with E-state index in [1.807, 2.05) is 18.3 Å². The molecule has 0 bridgehead atoms. The van der Waals surface area contributed by atoms with E-state index in [1.54, 1.807) is 0 Å². The van der Waals surface area contributed by atoms with E-state index < -0.39 is 0 Å². The Morgan fingerprint density at radius 2 is 1.89 bits per heavy atom. The van der Waals surface area contributed by atoms with Crippen molar-refractivity contribution in [3.8, 4) is 5.69 Å². The molecule has 4 heterocycles. The fourth-order valence-electron chi connectivity index (χ4n) is 5.81. The molecule has 2 aromatic carbocycles. The van der Waals surface area contributed by atoms with Gasteiger partial charge in [-0.25, -0.2) is 0 Å². The Kier molecular flexibility index (Phi) is 5.78. The Morgan fingerprint density at radius 1 is 1.06 bits per heavy atom. The summed E-state index contributed by atoms with van der Waals surface area (Å²) in [5.41, 5.74) is 5.93. The lowest BCUT2D eigenvalue weighted by Gasteiger charge is -2.30. The number of thiocarbonyl (C=S) groups is 1. The Balaban J connectivity index is 1.48. The third-order valence-corrected chi connectivity index (χ3v) is 7.77. The first-order valence-electron chi connectivity index (χ1n) is 12.4. The van der Waals surface area contributed by atoms with Crippen molar-refractivity contribution in [2.45, 2.75) is 44.9 Å². The van der Waals surface area contributed by atoms with Crippen LogP contribution in [0.5, 0.6) is 0 Å². The van der Waals surface area contributed by atoms with Crippen molar-refractivity contribution in [3.05, 3.63) is 95.6 Å². The smallest absolute Gasteiger partial charge is 0.170 e. The van der Waals surface area contributed by atoms with Crippen LogP contribution in [0.25, 0.3) is 16.5 Å².